The largest absolute Gasteiger partial charge is 0.0587 e. The lowest BCUT2D eigenvalue weighted by atomic mass is 9.68. The summed E-state index contributed by atoms with van der Waals surface area (Å²) in [5.41, 5.74) is 8.92. The average Bonchev–Trinajstić information content (AvgIpc) is 2.91. The third kappa shape index (κ3) is 4.17. The summed E-state index contributed by atoms with van der Waals surface area (Å²) in [5, 5.41) is 17.8. The Labute approximate surface area is 277 Å². The highest BCUT2D eigenvalue weighted by Crippen LogP contribution is 2.57. The third-order valence-corrected chi connectivity index (χ3v) is 11.1. The van der Waals surface area contributed by atoms with Crippen LogP contribution in [0.2, 0.25) is 0 Å². The van der Waals surface area contributed by atoms with Crippen LogP contribution < -0.4 is 0 Å². The molecule has 46 heavy (non-hydrogen) atoms. The molecule has 0 amide bonds. The highest BCUT2D eigenvalue weighted by Gasteiger charge is 2.34. The van der Waals surface area contributed by atoms with Crippen molar-refractivity contribution in [3.63, 3.8) is 0 Å². The Morgan fingerprint density at radius 3 is 0.870 bits per heavy atom. The van der Waals surface area contributed by atoms with E-state index in [0.29, 0.717) is 11.8 Å². The van der Waals surface area contributed by atoms with Crippen LogP contribution in [-0.4, -0.2) is 0 Å². The van der Waals surface area contributed by atoms with Gasteiger partial charge >= 0.3 is 0 Å². The van der Waals surface area contributed by atoms with Gasteiger partial charge in [0.1, 0.15) is 0 Å². The molecule has 7 rings (SSSR count). The fourth-order valence-electron chi connectivity index (χ4n) is 8.87. The summed E-state index contributed by atoms with van der Waals surface area (Å²) in [6, 6.07) is 15.6. The first kappa shape index (κ1) is 31.5. The maximum atomic E-state index is 2.62. The van der Waals surface area contributed by atoms with E-state index >= 15 is 0 Å². The Bertz CT molecular complexity index is 2140. The van der Waals surface area contributed by atoms with Gasteiger partial charge in [0.2, 0.25) is 0 Å². The highest BCUT2D eigenvalue weighted by molar-refractivity contribution is 6.46. The lowest BCUT2D eigenvalue weighted by Crippen LogP contribution is -2.19. The molecule has 240 valence electrons. The molecule has 0 atom stereocenters. The second-order valence-electron chi connectivity index (χ2n) is 19.5. The highest BCUT2D eigenvalue weighted by atomic mass is 14.4. The molecule has 7 aromatic carbocycles. The van der Waals surface area contributed by atoms with Crippen molar-refractivity contribution < 1.29 is 0 Å². The van der Waals surface area contributed by atoms with Crippen molar-refractivity contribution >= 4 is 64.6 Å². The van der Waals surface area contributed by atoms with Gasteiger partial charge in [-0.2, -0.15) is 0 Å². The summed E-state index contributed by atoms with van der Waals surface area (Å²) in [4.78, 5) is 0. The Kier molecular flexibility index (Phi) is 6.35. The van der Waals surface area contributed by atoms with Crippen molar-refractivity contribution in [2.75, 3.05) is 0 Å². The van der Waals surface area contributed by atoms with E-state index in [1.54, 1.807) is 0 Å². The van der Waals surface area contributed by atoms with Crippen LogP contribution in [0.25, 0.3) is 64.6 Å². The van der Waals surface area contributed by atoms with Gasteiger partial charge in [-0.05, 0) is 156 Å². The summed E-state index contributed by atoms with van der Waals surface area (Å²) < 4.78 is 0. The molecule has 0 spiro atoms. The Hall–Kier alpha value is -3.12. The van der Waals surface area contributed by atoms with Crippen molar-refractivity contribution in [3.8, 4) is 0 Å². The zero-order chi connectivity index (χ0) is 33.8. The van der Waals surface area contributed by atoms with Crippen molar-refractivity contribution in [2.24, 2.45) is 0 Å². The van der Waals surface area contributed by atoms with Crippen LogP contribution in [-0.2, 0) is 21.7 Å². The Morgan fingerprint density at radius 2 is 0.609 bits per heavy atom. The maximum Gasteiger partial charge on any atom is -0.000780 e. The van der Waals surface area contributed by atoms with E-state index in [2.05, 4.69) is 147 Å². The van der Waals surface area contributed by atoms with E-state index in [1.165, 1.54) is 98.0 Å². The zero-order valence-corrected chi connectivity index (χ0v) is 31.6. The summed E-state index contributed by atoms with van der Waals surface area (Å²) in [6.07, 6.45) is 0. The molecule has 0 saturated heterocycles. The van der Waals surface area contributed by atoms with E-state index in [4.69, 9.17) is 0 Å². The van der Waals surface area contributed by atoms with Gasteiger partial charge in [-0.3, -0.25) is 0 Å². The van der Waals surface area contributed by atoms with Gasteiger partial charge in [0.25, 0.3) is 0 Å². The van der Waals surface area contributed by atoms with Crippen LogP contribution in [0.3, 0.4) is 0 Å². The fourth-order valence-corrected chi connectivity index (χ4v) is 8.87. The molecule has 0 N–H and O–H groups in total. The summed E-state index contributed by atoms with van der Waals surface area (Å²) in [5.74, 6) is 0.853. The van der Waals surface area contributed by atoms with Crippen LogP contribution in [0.15, 0.2) is 36.4 Å². The van der Waals surface area contributed by atoms with Gasteiger partial charge < -0.3 is 0 Å². The van der Waals surface area contributed by atoms with E-state index in [9.17, 15) is 0 Å². The molecule has 0 bridgehead atoms. The first-order chi connectivity index (χ1) is 21.0. The average molecular weight is 609 g/mol. The van der Waals surface area contributed by atoms with Crippen LogP contribution in [0.1, 0.15) is 156 Å². The van der Waals surface area contributed by atoms with Gasteiger partial charge in [0.15, 0.2) is 0 Å². The van der Waals surface area contributed by atoms with Crippen LogP contribution in [0.4, 0.5) is 0 Å². The molecule has 0 nitrogen and oxygen atoms in total. The van der Waals surface area contributed by atoms with Gasteiger partial charge in [0.05, 0.1) is 0 Å². The molecular formula is C46H56. The van der Waals surface area contributed by atoms with Crippen LogP contribution in [0, 0.1) is 0 Å². The molecule has 0 saturated carbocycles. The smallest absolute Gasteiger partial charge is 0.000780 e. The van der Waals surface area contributed by atoms with Gasteiger partial charge in [0, 0.05) is 0 Å². The van der Waals surface area contributed by atoms with Crippen molar-refractivity contribution in [2.45, 2.75) is 144 Å². The van der Waals surface area contributed by atoms with E-state index < -0.39 is 0 Å². The zero-order valence-electron chi connectivity index (χ0n) is 31.6. The molecule has 0 heterocycles. The van der Waals surface area contributed by atoms with Crippen molar-refractivity contribution in [1.29, 1.82) is 0 Å². The van der Waals surface area contributed by atoms with Gasteiger partial charge in [-0.1, -0.05) is 123 Å². The predicted octanol–water partition coefficient (Wildman–Crippen LogP) is 14.4. The monoisotopic (exact) mass is 608 g/mol. The first-order valence-electron chi connectivity index (χ1n) is 17.9. The standard InChI is InChI=1S/C46H56/c1-23(2)27-17-25-19-31(43(5,6)7)40-34(46(14,15)16)22-30-28(24(3)4)18-26-20-32(44(8,9)10)39-33(45(11,12)13)21-29(27)37-35(25)42(40)38(30)36(26)41(37)39/h17-24H,1-16H3. The van der Waals surface area contributed by atoms with Crippen LogP contribution in [0.5, 0.6) is 0 Å². The van der Waals surface area contributed by atoms with Gasteiger partial charge in [-0.25, -0.2) is 0 Å². The number of hydrogen-bond acceptors (Lipinski definition) is 0. The van der Waals surface area contributed by atoms with Crippen molar-refractivity contribution in [1.82, 2.24) is 0 Å². The maximum absolute atomic E-state index is 2.62. The minimum Gasteiger partial charge on any atom is -0.0587 e. The molecule has 0 radical (unpaired) electrons. The topological polar surface area (TPSA) is 0 Å². The van der Waals surface area contributed by atoms with E-state index in [1.807, 2.05) is 0 Å². The molecule has 0 aliphatic heterocycles. The number of benzene rings is 7. The normalized spacial score (nSPS) is 14.5. The third-order valence-electron chi connectivity index (χ3n) is 11.1. The van der Waals surface area contributed by atoms with Crippen LogP contribution >= 0.6 is 0 Å². The summed E-state index contributed by atoms with van der Waals surface area (Å²) >= 11 is 0. The molecule has 0 heteroatoms. The van der Waals surface area contributed by atoms with Gasteiger partial charge in [-0.15, -0.1) is 0 Å². The number of rotatable bonds is 2. The minimum atomic E-state index is 0.00381. The number of hydrogen-bond donors (Lipinski definition) is 0. The SMILES string of the molecule is CC(C)c1cc2cc(C(C)(C)C)c3c(C(C)(C)C)cc4c(C(C)C)cc5cc(C(C)(C)C)c6c(C(C)(C)C)cc1c1c2c3c4c5c61. The molecular weight excluding hydrogens is 553 g/mol. The lowest BCUT2D eigenvalue weighted by molar-refractivity contribution is 0.581. The fraction of sp³-hybridized carbons (Fsp3) is 0.478. The quantitative estimate of drug-likeness (QED) is 0.135. The molecule has 0 aliphatic carbocycles. The minimum absolute atomic E-state index is 0.00381. The summed E-state index contributed by atoms with van der Waals surface area (Å²) in [6.45, 7) is 38.5. The molecule has 0 fully saturated rings. The molecule has 7 aromatic rings. The van der Waals surface area contributed by atoms with E-state index in [0.717, 1.165) is 0 Å². The Balaban J connectivity index is 2.00. The Morgan fingerprint density at radius 1 is 0.326 bits per heavy atom. The second-order valence-corrected chi connectivity index (χ2v) is 19.5. The second kappa shape index (κ2) is 9.27. The first-order valence-corrected chi connectivity index (χ1v) is 17.9. The van der Waals surface area contributed by atoms with E-state index in [-0.39, 0.29) is 21.7 Å². The molecule has 0 aliphatic rings. The summed E-state index contributed by atoms with van der Waals surface area (Å²) in [7, 11) is 0. The predicted molar refractivity (Wildman–Crippen MR) is 208 cm³/mol. The van der Waals surface area contributed by atoms with Crippen molar-refractivity contribution in [3.05, 3.63) is 69.8 Å². The molecule has 0 unspecified atom stereocenters. The lowest BCUT2D eigenvalue weighted by Gasteiger charge is -2.35. The molecule has 0 aromatic heterocycles.